The minimum atomic E-state index is -0.653. The first kappa shape index (κ1) is 16.9. The molecular weight excluding hydrogens is 376 g/mol. The number of nitrogens with zero attached hydrogens (tertiary/aromatic N) is 5. The van der Waals surface area contributed by atoms with Gasteiger partial charge in [-0.25, -0.2) is 14.4 Å². The highest BCUT2D eigenvalue weighted by Crippen LogP contribution is 2.74. The lowest BCUT2D eigenvalue weighted by atomic mass is 9.97. The quantitative estimate of drug-likeness (QED) is 0.571. The molecule has 4 unspecified atom stereocenters. The lowest BCUT2D eigenvalue weighted by Crippen LogP contribution is -2.62. The molecule has 2 aromatic rings. The van der Waals surface area contributed by atoms with Crippen molar-refractivity contribution in [2.45, 2.75) is 44.8 Å². The van der Waals surface area contributed by atoms with Crippen molar-refractivity contribution in [3.05, 3.63) is 22.5 Å². The summed E-state index contributed by atoms with van der Waals surface area (Å²) in [6.07, 6.45) is 2.92. The first-order valence-electron chi connectivity index (χ1n) is 9.03. The van der Waals surface area contributed by atoms with Crippen LogP contribution in [-0.2, 0) is 0 Å². The van der Waals surface area contributed by atoms with Crippen LogP contribution in [0.5, 0.6) is 0 Å². The molecule has 2 aromatic heterocycles. The van der Waals surface area contributed by atoms with E-state index in [2.05, 4.69) is 45.5 Å². The Balaban J connectivity index is 1.52. The third-order valence-electron chi connectivity index (χ3n) is 6.55. The van der Waals surface area contributed by atoms with Gasteiger partial charge < -0.3 is 4.90 Å². The first-order valence-corrected chi connectivity index (χ1v) is 9.78. The van der Waals surface area contributed by atoms with Crippen LogP contribution in [0.4, 0.5) is 10.2 Å². The summed E-state index contributed by atoms with van der Waals surface area (Å²) in [4.78, 5) is 17.2. The smallest absolute Gasteiger partial charge is 0.225 e. The zero-order valence-corrected chi connectivity index (χ0v) is 16.4. The van der Waals surface area contributed by atoms with Crippen molar-refractivity contribution in [2.75, 3.05) is 18.0 Å². The lowest BCUT2D eigenvalue weighted by Gasteiger charge is -2.50. The van der Waals surface area contributed by atoms with Crippen molar-refractivity contribution in [1.82, 2.24) is 19.9 Å². The SMILES string of the molecule is CC1CN(c2nc(Cl)nc3c(F)c(Cl)ncc23)CC(C)N1C1(C)C2CC21. The number of piperazine rings is 1. The van der Waals surface area contributed by atoms with Crippen LogP contribution in [0.25, 0.3) is 10.9 Å². The highest BCUT2D eigenvalue weighted by atomic mass is 35.5. The Bertz CT molecular complexity index is 902. The van der Waals surface area contributed by atoms with Gasteiger partial charge in [0.05, 0.1) is 5.39 Å². The Morgan fingerprint density at radius 1 is 1.15 bits per heavy atom. The van der Waals surface area contributed by atoms with Crippen LogP contribution in [-0.4, -0.2) is 50.6 Å². The average Bonchev–Trinajstić information content (AvgIpc) is 3.48. The minimum absolute atomic E-state index is 0.0202. The van der Waals surface area contributed by atoms with E-state index in [1.165, 1.54) is 12.6 Å². The fourth-order valence-corrected chi connectivity index (χ4v) is 5.56. The van der Waals surface area contributed by atoms with Crippen molar-refractivity contribution in [3.8, 4) is 0 Å². The van der Waals surface area contributed by atoms with E-state index in [0.717, 1.165) is 24.9 Å². The molecule has 5 rings (SSSR count). The number of pyridine rings is 1. The summed E-state index contributed by atoms with van der Waals surface area (Å²) < 4.78 is 14.4. The van der Waals surface area contributed by atoms with Crippen LogP contribution >= 0.6 is 23.2 Å². The molecule has 3 aliphatic rings. The highest BCUT2D eigenvalue weighted by molar-refractivity contribution is 6.30. The van der Waals surface area contributed by atoms with Gasteiger partial charge in [-0.3, -0.25) is 4.90 Å². The maximum Gasteiger partial charge on any atom is 0.225 e. The van der Waals surface area contributed by atoms with E-state index in [4.69, 9.17) is 23.2 Å². The van der Waals surface area contributed by atoms with E-state index >= 15 is 0 Å². The van der Waals surface area contributed by atoms with Gasteiger partial charge in [0, 0.05) is 36.9 Å². The standard InChI is InChI=1S/C18H20Cl2FN5/c1-8-6-25(7-9(2)26(8)18(3)11-4-12(11)18)16-10-5-22-15(19)13(21)14(10)23-17(20)24-16/h5,8-9,11-12H,4,6-7H2,1-3H3. The molecule has 26 heavy (non-hydrogen) atoms. The van der Waals surface area contributed by atoms with E-state index < -0.39 is 5.82 Å². The Morgan fingerprint density at radius 3 is 2.38 bits per heavy atom. The molecule has 3 heterocycles. The Kier molecular flexibility index (Phi) is 3.51. The Labute approximate surface area is 161 Å². The van der Waals surface area contributed by atoms with Crippen LogP contribution in [0.1, 0.15) is 27.2 Å². The summed E-state index contributed by atoms with van der Waals surface area (Å²) >= 11 is 11.9. The van der Waals surface area contributed by atoms with Crippen molar-refractivity contribution >= 4 is 39.9 Å². The maximum atomic E-state index is 14.4. The second-order valence-corrected chi connectivity index (χ2v) is 8.82. The van der Waals surface area contributed by atoms with Gasteiger partial charge in [0.15, 0.2) is 11.0 Å². The first-order chi connectivity index (χ1) is 12.3. The lowest BCUT2D eigenvalue weighted by molar-refractivity contribution is 0.0421. The molecule has 1 saturated heterocycles. The van der Waals surface area contributed by atoms with E-state index in [9.17, 15) is 4.39 Å². The predicted octanol–water partition coefficient (Wildman–Crippen LogP) is 3.78. The zero-order chi connectivity index (χ0) is 18.4. The zero-order valence-electron chi connectivity index (χ0n) is 14.9. The van der Waals surface area contributed by atoms with E-state index in [-0.39, 0.29) is 16.0 Å². The van der Waals surface area contributed by atoms with Gasteiger partial charge in [-0.2, -0.15) is 4.98 Å². The summed E-state index contributed by atoms with van der Waals surface area (Å²) in [6.45, 7) is 8.53. The average molecular weight is 396 g/mol. The van der Waals surface area contributed by atoms with Gasteiger partial charge in [0.25, 0.3) is 0 Å². The van der Waals surface area contributed by atoms with Crippen LogP contribution in [0.15, 0.2) is 6.20 Å². The van der Waals surface area contributed by atoms with Crippen molar-refractivity contribution in [1.29, 1.82) is 0 Å². The van der Waals surface area contributed by atoms with Crippen LogP contribution < -0.4 is 4.90 Å². The molecule has 3 fully saturated rings. The number of anilines is 1. The molecule has 0 radical (unpaired) electrons. The number of fused-ring (bicyclic) bond motifs is 2. The minimum Gasteiger partial charge on any atom is -0.353 e. The van der Waals surface area contributed by atoms with Crippen molar-refractivity contribution < 1.29 is 4.39 Å². The molecule has 0 bridgehead atoms. The molecule has 138 valence electrons. The van der Waals surface area contributed by atoms with Gasteiger partial charge in [-0.05, 0) is 50.6 Å². The van der Waals surface area contributed by atoms with Crippen LogP contribution in [0.2, 0.25) is 10.4 Å². The van der Waals surface area contributed by atoms with Crippen LogP contribution in [0, 0.1) is 17.7 Å². The molecule has 0 amide bonds. The Hall–Kier alpha value is -1.24. The molecular formula is C18H20Cl2FN5. The molecule has 2 aliphatic carbocycles. The van der Waals surface area contributed by atoms with Crippen LogP contribution in [0.3, 0.4) is 0 Å². The molecule has 2 saturated carbocycles. The highest BCUT2D eigenvalue weighted by Gasteiger charge is 2.77. The van der Waals surface area contributed by atoms with E-state index in [1.54, 1.807) is 0 Å². The maximum absolute atomic E-state index is 14.4. The molecule has 0 spiro atoms. The fraction of sp³-hybridized carbons (Fsp3) is 0.611. The third-order valence-corrected chi connectivity index (χ3v) is 6.98. The third kappa shape index (κ3) is 2.21. The summed E-state index contributed by atoms with van der Waals surface area (Å²) in [5.74, 6) is 1.75. The molecule has 0 N–H and O–H groups in total. The summed E-state index contributed by atoms with van der Waals surface area (Å²) in [7, 11) is 0. The monoisotopic (exact) mass is 395 g/mol. The van der Waals surface area contributed by atoms with E-state index in [0.29, 0.717) is 28.8 Å². The summed E-state index contributed by atoms with van der Waals surface area (Å²) in [5, 5.41) is 0.363. The Morgan fingerprint density at radius 2 is 1.81 bits per heavy atom. The second-order valence-electron chi connectivity index (χ2n) is 8.13. The number of hydrogen-bond donors (Lipinski definition) is 0. The number of halogens is 3. The van der Waals surface area contributed by atoms with Gasteiger partial charge in [0.1, 0.15) is 11.3 Å². The fourth-order valence-electron chi connectivity index (χ4n) is 5.26. The molecule has 0 aromatic carbocycles. The number of rotatable bonds is 2. The summed E-state index contributed by atoms with van der Waals surface area (Å²) in [5.41, 5.74) is 0.496. The second kappa shape index (κ2) is 5.40. The molecule has 4 atom stereocenters. The van der Waals surface area contributed by atoms with Gasteiger partial charge in [-0.1, -0.05) is 11.6 Å². The largest absolute Gasteiger partial charge is 0.353 e. The van der Waals surface area contributed by atoms with Crippen molar-refractivity contribution in [2.24, 2.45) is 11.8 Å². The number of aromatic nitrogens is 3. The van der Waals surface area contributed by atoms with Gasteiger partial charge in [0.2, 0.25) is 5.28 Å². The molecule has 1 aliphatic heterocycles. The number of hydrogen-bond acceptors (Lipinski definition) is 5. The van der Waals surface area contributed by atoms with E-state index in [1.807, 2.05) is 0 Å². The summed E-state index contributed by atoms with van der Waals surface area (Å²) in [6, 6.07) is 0.760. The normalized spacial score (nSPS) is 36.3. The predicted molar refractivity (Wildman–Crippen MR) is 100 cm³/mol. The van der Waals surface area contributed by atoms with Gasteiger partial charge in [-0.15, -0.1) is 0 Å². The topological polar surface area (TPSA) is 45.2 Å². The molecule has 8 heteroatoms. The molecule has 5 nitrogen and oxygen atoms in total. The van der Waals surface area contributed by atoms with Gasteiger partial charge >= 0.3 is 0 Å². The van der Waals surface area contributed by atoms with Crippen molar-refractivity contribution in [3.63, 3.8) is 0 Å².